The molecule has 1 aromatic rings. The van der Waals surface area contributed by atoms with Gasteiger partial charge in [0.1, 0.15) is 16.9 Å². The largest absolute Gasteiger partial charge is 0.506 e. The number of benzene rings is 1. The van der Waals surface area contributed by atoms with E-state index in [1.165, 1.54) is 14.2 Å². The van der Waals surface area contributed by atoms with E-state index in [9.17, 15) is 14.7 Å². The van der Waals surface area contributed by atoms with Crippen molar-refractivity contribution in [3.05, 3.63) is 22.3 Å². The molecule has 0 spiro atoms. The van der Waals surface area contributed by atoms with E-state index in [0.717, 1.165) is 0 Å². The molecule has 18 heavy (non-hydrogen) atoms. The van der Waals surface area contributed by atoms with E-state index >= 15 is 0 Å². The van der Waals surface area contributed by atoms with Crippen LogP contribution >= 0.6 is 0 Å². The van der Waals surface area contributed by atoms with Crippen LogP contribution in [0.2, 0.25) is 0 Å². The van der Waals surface area contributed by atoms with Gasteiger partial charge in [-0.1, -0.05) is 0 Å². The minimum absolute atomic E-state index is 0.124. The average molecular weight is 253 g/mol. The van der Waals surface area contributed by atoms with Gasteiger partial charge in [-0.2, -0.15) is 0 Å². The summed E-state index contributed by atoms with van der Waals surface area (Å²) < 4.78 is 9.11. The standard InChI is InChI=1S/C12H15NO5/c1-5-7(11(15)17-3)10(14)8(12(16)18-4)6(2)9(5)13/h14H,13H2,1-4H3. The maximum Gasteiger partial charge on any atom is 0.342 e. The molecule has 6 nitrogen and oxygen atoms in total. The van der Waals surface area contributed by atoms with Gasteiger partial charge < -0.3 is 20.3 Å². The van der Waals surface area contributed by atoms with Gasteiger partial charge in [0.2, 0.25) is 0 Å². The smallest absolute Gasteiger partial charge is 0.342 e. The average Bonchev–Trinajstić information content (AvgIpc) is 2.35. The summed E-state index contributed by atoms with van der Waals surface area (Å²) in [6, 6.07) is 0. The molecule has 0 radical (unpaired) electrons. The third kappa shape index (κ3) is 1.97. The van der Waals surface area contributed by atoms with Crippen LogP contribution in [0.15, 0.2) is 0 Å². The summed E-state index contributed by atoms with van der Waals surface area (Å²) in [5.74, 6) is -2.00. The summed E-state index contributed by atoms with van der Waals surface area (Å²) in [4.78, 5) is 23.2. The number of carbonyl (C=O) groups excluding carboxylic acids is 2. The first-order valence-corrected chi connectivity index (χ1v) is 5.15. The Kier molecular flexibility index (Phi) is 3.80. The molecule has 1 aromatic carbocycles. The van der Waals surface area contributed by atoms with Gasteiger partial charge in [0.15, 0.2) is 0 Å². The van der Waals surface area contributed by atoms with Crippen molar-refractivity contribution >= 4 is 17.6 Å². The number of ether oxygens (including phenoxy) is 2. The van der Waals surface area contributed by atoms with Gasteiger partial charge >= 0.3 is 11.9 Å². The van der Waals surface area contributed by atoms with Crippen molar-refractivity contribution in [3.8, 4) is 5.75 Å². The second kappa shape index (κ2) is 4.95. The second-order valence-electron chi connectivity index (χ2n) is 3.75. The van der Waals surface area contributed by atoms with Crippen LogP contribution in [0.4, 0.5) is 5.69 Å². The highest BCUT2D eigenvalue weighted by atomic mass is 16.5. The van der Waals surface area contributed by atoms with Gasteiger partial charge in [-0.3, -0.25) is 0 Å². The number of phenols is 1. The molecular weight excluding hydrogens is 238 g/mol. The molecular formula is C12H15NO5. The van der Waals surface area contributed by atoms with Crippen LogP contribution in [0.25, 0.3) is 0 Å². The highest BCUT2D eigenvalue weighted by Gasteiger charge is 2.27. The first kappa shape index (κ1) is 13.8. The zero-order chi connectivity index (χ0) is 14.0. The number of phenolic OH excluding ortho intramolecular Hbond substituents is 1. The molecule has 0 bridgehead atoms. The maximum absolute atomic E-state index is 11.6. The molecule has 1 rings (SSSR count). The predicted molar refractivity (Wildman–Crippen MR) is 64.7 cm³/mol. The van der Waals surface area contributed by atoms with Crippen LogP contribution in [0, 0.1) is 13.8 Å². The quantitative estimate of drug-likeness (QED) is 0.466. The summed E-state index contributed by atoms with van der Waals surface area (Å²) in [5.41, 5.74) is 6.54. The molecule has 0 unspecified atom stereocenters. The third-order valence-corrected chi connectivity index (χ3v) is 2.81. The van der Waals surface area contributed by atoms with E-state index in [1.54, 1.807) is 13.8 Å². The lowest BCUT2D eigenvalue weighted by Crippen LogP contribution is -2.14. The topological polar surface area (TPSA) is 98.9 Å². The number of nitrogens with two attached hydrogens (primary N) is 1. The first-order valence-electron chi connectivity index (χ1n) is 5.15. The fourth-order valence-corrected chi connectivity index (χ4v) is 1.73. The van der Waals surface area contributed by atoms with Crippen LogP contribution < -0.4 is 5.73 Å². The molecule has 0 heterocycles. The van der Waals surface area contributed by atoms with Crippen molar-refractivity contribution in [1.82, 2.24) is 0 Å². The van der Waals surface area contributed by atoms with Crippen molar-refractivity contribution < 1.29 is 24.2 Å². The molecule has 0 aliphatic heterocycles. The predicted octanol–water partition coefficient (Wildman–Crippen LogP) is 1.16. The molecule has 0 aliphatic carbocycles. The lowest BCUT2D eigenvalue weighted by molar-refractivity contribution is 0.0592. The van der Waals surface area contributed by atoms with Crippen LogP contribution in [-0.4, -0.2) is 31.3 Å². The Morgan fingerprint density at radius 1 is 1.00 bits per heavy atom. The monoisotopic (exact) mass is 253 g/mol. The minimum atomic E-state index is -0.762. The van der Waals surface area contributed by atoms with Crippen molar-refractivity contribution in [3.63, 3.8) is 0 Å². The van der Waals surface area contributed by atoms with E-state index < -0.39 is 17.7 Å². The van der Waals surface area contributed by atoms with Gasteiger partial charge in [0.25, 0.3) is 0 Å². The van der Waals surface area contributed by atoms with Gasteiger partial charge in [-0.05, 0) is 25.0 Å². The summed E-state index contributed by atoms with van der Waals surface area (Å²) in [6.07, 6.45) is 0. The lowest BCUT2D eigenvalue weighted by Gasteiger charge is -2.15. The molecule has 0 aliphatic rings. The molecule has 6 heteroatoms. The number of rotatable bonds is 2. The molecule has 0 atom stereocenters. The van der Waals surface area contributed by atoms with Crippen molar-refractivity contribution in [2.45, 2.75) is 13.8 Å². The molecule has 98 valence electrons. The van der Waals surface area contributed by atoms with Gasteiger partial charge in [0.05, 0.1) is 14.2 Å². The van der Waals surface area contributed by atoms with Gasteiger partial charge in [0, 0.05) is 5.69 Å². The summed E-state index contributed by atoms with van der Waals surface area (Å²) in [6.45, 7) is 3.13. The summed E-state index contributed by atoms with van der Waals surface area (Å²) >= 11 is 0. The SMILES string of the molecule is COC(=O)c1c(C)c(N)c(C)c(C(=O)OC)c1O. The maximum atomic E-state index is 11.6. The van der Waals surface area contributed by atoms with E-state index in [4.69, 9.17) is 5.73 Å². The molecule has 0 aromatic heterocycles. The van der Waals surface area contributed by atoms with Crippen LogP contribution in [0.3, 0.4) is 0 Å². The lowest BCUT2D eigenvalue weighted by atomic mass is 9.95. The van der Waals surface area contributed by atoms with Crippen molar-refractivity contribution in [2.75, 3.05) is 20.0 Å². The van der Waals surface area contributed by atoms with Gasteiger partial charge in [-0.25, -0.2) is 9.59 Å². The third-order valence-electron chi connectivity index (χ3n) is 2.81. The Bertz CT molecular complexity index is 479. The summed E-state index contributed by atoms with van der Waals surface area (Å²) in [5, 5.41) is 10.0. The second-order valence-corrected chi connectivity index (χ2v) is 3.75. The highest BCUT2D eigenvalue weighted by molar-refractivity contribution is 6.04. The molecule has 0 amide bonds. The van der Waals surface area contributed by atoms with Crippen molar-refractivity contribution in [2.24, 2.45) is 0 Å². The summed E-state index contributed by atoms with van der Waals surface area (Å²) in [7, 11) is 2.35. The van der Waals surface area contributed by atoms with Crippen LogP contribution in [0.5, 0.6) is 5.75 Å². The number of hydrogen-bond acceptors (Lipinski definition) is 6. The van der Waals surface area contributed by atoms with E-state index in [0.29, 0.717) is 11.1 Å². The first-order chi connectivity index (χ1) is 8.36. The zero-order valence-electron chi connectivity index (χ0n) is 10.7. The molecule has 3 N–H and O–H groups in total. The number of aromatic hydroxyl groups is 1. The van der Waals surface area contributed by atoms with E-state index in [-0.39, 0.29) is 16.8 Å². The number of hydrogen-bond donors (Lipinski definition) is 2. The van der Waals surface area contributed by atoms with Crippen molar-refractivity contribution in [1.29, 1.82) is 0 Å². The molecule has 0 saturated heterocycles. The highest BCUT2D eigenvalue weighted by Crippen LogP contribution is 2.35. The Morgan fingerprint density at radius 2 is 1.33 bits per heavy atom. The number of anilines is 1. The van der Waals surface area contributed by atoms with Crippen LogP contribution in [0.1, 0.15) is 31.8 Å². The van der Waals surface area contributed by atoms with E-state index in [2.05, 4.69) is 9.47 Å². The number of methoxy groups -OCH3 is 2. The fourth-order valence-electron chi connectivity index (χ4n) is 1.73. The van der Waals surface area contributed by atoms with Gasteiger partial charge in [-0.15, -0.1) is 0 Å². The zero-order valence-corrected chi connectivity index (χ0v) is 10.7. The Balaban J connectivity index is 3.70. The Labute approximate surface area is 104 Å². The Hall–Kier alpha value is -2.24. The number of nitrogen functional groups attached to an aromatic ring is 1. The van der Waals surface area contributed by atoms with Crippen LogP contribution in [-0.2, 0) is 9.47 Å². The van der Waals surface area contributed by atoms with E-state index in [1.807, 2.05) is 0 Å². The molecule has 0 saturated carbocycles. The Morgan fingerprint density at radius 3 is 1.61 bits per heavy atom. The normalized spacial score (nSPS) is 10.0. The molecule has 0 fully saturated rings. The minimum Gasteiger partial charge on any atom is -0.506 e. The fraction of sp³-hybridized carbons (Fsp3) is 0.333. The number of carbonyl (C=O) groups is 2. The number of esters is 2.